The van der Waals surface area contributed by atoms with Gasteiger partial charge < -0.3 is 39.9 Å². The zero-order valence-corrected chi connectivity index (χ0v) is 36.0. The van der Waals surface area contributed by atoms with Gasteiger partial charge in [-0.2, -0.15) is 0 Å². The van der Waals surface area contributed by atoms with E-state index in [1.165, 1.54) is 44.9 Å². The summed E-state index contributed by atoms with van der Waals surface area (Å²) in [6.45, 7) is 4.11. The lowest BCUT2D eigenvalue weighted by Gasteiger charge is -2.41. The molecule has 13 heteroatoms. The maximum absolute atomic E-state index is 12.8. The molecule has 6 N–H and O–H groups in total. The number of aliphatic hydroxyl groups excluding tert-OH is 5. The summed E-state index contributed by atoms with van der Waals surface area (Å²) >= 11 is 0. The Balaban J connectivity index is 2.39. The lowest BCUT2D eigenvalue weighted by Crippen LogP contribution is -2.64. The van der Waals surface area contributed by atoms with Crippen molar-refractivity contribution in [1.29, 1.82) is 0 Å². The summed E-state index contributed by atoms with van der Waals surface area (Å²) in [5.74, 6) is -0.495. The number of ether oxygens (including phenoxy) is 2. The summed E-state index contributed by atoms with van der Waals surface area (Å²) in [4.78, 5) is 23.0. The van der Waals surface area contributed by atoms with E-state index in [0.717, 1.165) is 89.9 Å². The van der Waals surface area contributed by atoms with Gasteiger partial charge >= 0.3 is 13.8 Å². The van der Waals surface area contributed by atoms with Crippen LogP contribution in [0.2, 0.25) is 0 Å². The van der Waals surface area contributed by atoms with Crippen LogP contribution in [0.1, 0.15) is 162 Å². The maximum atomic E-state index is 12.8. The molecule has 6 unspecified atom stereocenters. The van der Waals surface area contributed by atoms with Crippen molar-refractivity contribution in [2.24, 2.45) is 0 Å². The van der Waals surface area contributed by atoms with E-state index in [1.807, 2.05) is 0 Å². The number of carbonyl (C=O) groups excluding carboxylic acids is 1. The number of phosphoric acid groups is 1. The Morgan fingerprint density at radius 1 is 0.561 bits per heavy atom. The van der Waals surface area contributed by atoms with Crippen LogP contribution in [0.25, 0.3) is 0 Å². The lowest BCUT2D eigenvalue weighted by molar-refractivity contribution is -0.220. The van der Waals surface area contributed by atoms with Gasteiger partial charge in [-0.15, -0.1) is 0 Å². The molecular weight excluding hydrogens is 751 g/mol. The second-order valence-corrected chi connectivity index (χ2v) is 16.6. The molecule has 1 aliphatic carbocycles. The SMILES string of the molecule is CCC/C=C\CCCCCCCC(=O)OC(COCCCCCCCCC/C=C\C/C=C\C/C=C\CCCCC)COP(=O)(O)OC1C(O)C(O)C(O)C(O)C1O. The van der Waals surface area contributed by atoms with Gasteiger partial charge in [-0.1, -0.05) is 133 Å². The van der Waals surface area contributed by atoms with E-state index < -0.39 is 63.1 Å². The summed E-state index contributed by atoms with van der Waals surface area (Å²) in [6, 6.07) is 0. The zero-order chi connectivity index (χ0) is 42.0. The summed E-state index contributed by atoms with van der Waals surface area (Å²) in [5, 5.41) is 50.1. The van der Waals surface area contributed by atoms with Crippen molar-refractivity contribution < 1.29 is 58.3 Å². The number of esters is 1. The fourth-order valence-electron chi connectivity index (χ4n) is 6.36. The normalized spacial score (nSPS) is 23.3. The molecule has 332 valence electrons. The van der Waals surface area contributed by atoms with E-state index in [4.69, 9.17) is 18.5 Å². The van der Waals surface area contributed by atoms with Crippen molar-refractivity contribution in [3.05, 3.63) is 48.6 Å². The first-order chi connectivity index (χ1) is 27.5. The molecule has 0 heterocycles. The molecule has 0 bridgehead atoms. The van der Waals surface area contributed by atoms with Crippen LogP contribution >= 0.6 is 7.82 Å². The molecule has 1 fully saturated rings. The monoisotopic (exact) mass is 831 g/mol. The van der Waals surface area contributed by atoms with Gasteiger partial charge in [-0.3, -0.25) is 13.8 Å². The lowest BCUT2D eigenvalue weighted by atomic mass is 9.85. The second-order valence-electron chi connectivity index (χ2n) is 15.2. The molecule has 0 spiro atoms. The van der Waals surface area contributed by atoms with Crippen LogP contribution in [0.5, 0.6) is 0 Å². The van der Waals surface area contributed by atoms with Crippen LogP contribution in [0, 0.1) is 0 Å². The Kier molecular flexibility index (Phi) is 32.8. The Hall–Kier alpha value is -1.70. The first-order valence-corrected chi connectivity index (χ1v) is 23.5. The molecule has 1 saturated carbocycles. The zero-order valence-electron chi connectivity index (χ0n) is 35.1. The molecule has 0 aromatic carbocycles. The minimum atomic E-state index is -5.02. The molecule has 0 aromatic heterocycles. The van der Waals surface area contributed by atoms with Gasteiger partial charge in [-0.05, 0) is 70.6 Å². The van der Waals surface area contributed by atoms with E-state index in [0.29, 0.717) is 13.0 Å². The molecule has 0 saturated heterocycles. The van der Waals surface area contributed by atoms with E-state index in [2.05, 4.69) is 62.5 Å². The van der Waals surface area contributed by atoms with Crippen LogP contribution in [0.4, 0.5) is 0 Å². The maximum Gasteiger partial charge on any atom is 0.472 e. The van der Waals surface area contributed by atoms with Gasteiger partial charge in [0.1, 0.15) is 42.7 Å². The third kappa shape index (κ3) is 27.6. The predicted octanol–water partition coefficient (Wildman–Crippen LogP) is 8.47. The molecule has 0 aliphatic heterocycles. The molecule has 0 amide bonds. The Morgan fingerprint density at radius 2 is 1.02 bits per heavy atom. The van der Waals surface area contributed by atoms with Gasteiger partial charge in [0, 0.05) is 13.0 Å². The highest BCUT2D eigenvalue weighted by atomic mass is 31.2. The van der Waals surface area contributed by atoms with Crippen molar-refractivity contribution in [2.75, 3.05) is 19.8 Å². The van der Waals surface area contributed by atoms with Gasteiger partial charge in [0.05, 0.1) is 13.2 Å². The van der Waals surface area contributed by atoms with Crippen LogP contribution in [-0.4, -0.2) is 98.9 Å². The third-order valence-electron chi connectivity index (χ3n) is 9.91. The van der Waals surface area contributed by atoms with Crippen molar-refractivity contribution in [3.63, 3.8) is 0 Å². The average Bonchev–Trinajstić information content (AvgIpc) is 3.19. The van der Waals surface area contributed by atoms with Crippen LogP contribution in [0.15, 0.2) is 48.6 Å². The van der Waals surface area contributed by atoms with E-state index in [9.17, 15) is 39.8 Å². The number of carbonyl (C=O) groups is 1. The quantitative estimate of drug-likeness (QED) is 0.0153. The van der Waals surface area contributed by atoms with Gasteiger partial charge in [0.15, 0.2) is 0 Å². The minimum Gasteiger partial charge on any atom is -0.457 e. The fourth-order valence-corrected chi connectivity index (χ4v) is 7.34. The van der Waals surface area contributed by atoms with Crippen molar-refractivity contribution >= 4 is 13.8 Å². The molecule has 1 aliphatic rings. The number of phosphoric ester groups is 1. The van der Waals surface area contributed by atoms with Gasteiger partial charge in [0.2, 0.25) is 0 Å². The standard InChI is InChI=1S/C44H79O12P/c1-3-5-7-9-11-13-15-16-17-18-19-20-21-22-23-24-26-28-30-32-34-53-35-37(55-38(45)33-31-29-27-25-14-12-10-8-6-4-2)36-54-57(51,52)56-44-42(49)40(47)39(46)41(48)43(44)50/h8,10-11,13,16-17,19-20,37,39-44,46-50H,3-7,9,12,14-15,18,21-36H2,1-2H3,(H,51,52)/b10-8-,13-11-,17-16-,20-19-. The van der Waals surface area contributed by atoms with Crippen LogP contribution < -0.4 is 0 Å². The van der Waals surface area contributed by atoms with Gasteiger partial charge in [-0.25, -0.2) is 4.57 Å². The topological polar surface area (TPSA) is 192 Å². The highest BCUT2D eigenvalue weighted by molar-refractivity contribution is 7.47. The Morgan fingerprint density at radius 3 is 1.58 bits per heavy atom. The van der Waals surface area contributed by atoms with Crippen molar-refractivity contribution in [1.82, 2.24) is 0 Å². The number of hydrogen-bond acceptors (Lipinski definition) is 11. The molecular formula is C44H79O12P. The number of allylic oxidation sites excluding steroid dienone is 8. The van der Waals surface area contributed by atoms with E-state index >= 15 is 0 Å². The van der Waals surface area contributed by atoms with Crippen LogP contribution in [-0.2, 0) is 27.9 Å². The van der Waals surface area contributed by atoms with Crippen molar-refractivity contribution in [2.45, 2.75) is 204 Å². The first kappa shape index (κ1) is 53.3. The summed E-state index contributed by atoms with van der Waals surface area (Å²) in [5.41, 5.74) is 0. The summed E-state index contributed by atoms with van der Waals surface area (Å²) < 4.78 is 34.0. The molecule has 12 nitrogen and oxygen atoms in total. The molecule has 57 heavy (non-hydrogen) atoms. The van der Waals surface area contributed by atoms with Crippen molar-refractivity contribution in [3.8, 4) is 0 Å². The first-order valence-electron chi connectivity index (χ1n) is 22.0. The fraction of sp³-hybridized carbons (Fsp3) is 0.795. The van der Waals surface area contributed by atoms with E-state index in [1.54, 1.807) is 0 Å². The van der Waals surface area contributed by atoms with Crippen LogP contribution in [0.3, 0.4) is 0 Å². The minimum absolute atomic E-state index is 0.0882. The highest BCUT2D eigenvalue weighted by Crippen LogP contribution is 2.47. The number of hydrogen-bond donors (Lipinski definition) is 6. The van der Waals surface area contributed by atoms with E-state index in [-0.39, 0.29) is 13.0 Å². The number of rotatable bonds is 36. The smallest absolute Gasteiger partial charge is 0.457 e. The second kappa shape index (κ2) is 35.1. The molecule has 6 atom stereocenters. The van der Waals surface area contributed by atoms with Gasteiger partial charge in [0.25, 0.3) is 0 Å². The molecule has 1 rings (SSSR count). The summed E-state index contributed by atoms with van der Waals surface area (Å²) in [6.07, 6.45) is 29.1. The Bertz CT molecular complexity index is 1130. The third-order valence-corrected chi connectivity index (χ3v) is 10.9. The molecule has 0 radical (unpaired) electrons. The predicted molar refractivity (Wildman–Crippen MR) is 225 cm³/mol. The Labute approximate surface area is 344 Å². The number of aliphatic hydroxyl groups is 5. The highest BCUT2D eigenvalue weighted by Gasteiger charge is 2.51. The molecule has 0 aromatic rings. The largest absolute Gasteiger partial charge is 0.472 e. The number of unbranched alkanes of at least 4 members (excludes halogenated alkanes) is 16. The summed E-state index contributed by atoms with van der Waals surface area (Å²) in [7, 11) is -5.02. The average molecular weight is 831 g/mol.